The van der Waals surface area contributed by atoms with Crippen LogP contribution in [0.5, 0.6) is 5.75 Å². The summed E-state index contributed by atoms with van der Waals surface area (Å²) in [5.74, 6) is -0.293. The number of nitrogens with zero attached hydrogens (tertiary/aromatic N) is 2. The Kier molecular flexibility index (Phi) is 4.27. The molecule has 3 rings (SSSR count). The Labute approximate surface area is 133 Å². The maximum atomic E-state index is 11.4. The van der Waals surface area contributed by atoms with E-state index in [0.29, 0.717) is 42.6 Å². The topological polar surface area (TPSA) is 62.7 Å². The van der Waals surface area contributed by atoms with E-state index in [1.54, 1.807) is 24.4 Å². The molecule has 0 radical (unpaired) electrons. The minimum absolute atomic E-state index is 0.286. The average Bonchev–Trinajstić information content (AvgIpc) is 2.70. The Bertz CT molecular complexity index is 688. The molecule has 2 aromatic rings. The lowest BCUT2D eigenvalue weighted by Crippen LogP contribution is -2.26. The van der Waals surface area contributed by atoms with E-state index < -0.39 is 5.97 Å². The summed E-state index contributed by atoms with van der Waals surface area (Å²) in [6, 6.07) is 8.80. The van der Waals surface area contributed by atoms with Gasteiger partial charge in [0.25, 0.3) is 0 Å². The van der Waals surface area contributed by atoms with Crippen LogP contribution in [0.15, 0.2) is 36.5 Å². The fourth-order valence-electron chi connectivity index (χ4n) is 2.52. The highest BCUT2D eigenvalue weighted by Gasteiger charge is 2.21. The molecular formula is C16H15ClN2O3. The fraction of sp³-hybridized carbons (Fsp3) is 0.250. The molecular weight excluding hydrogens is 304 g/mol. The van der Waals surface area contributed by atoms with Crippen molar-refractivity contribution >= 4 is 17.6 Å². The van der Waals surface area contributed by atoms with Crippen LogP contribution in [0.2, 0.25) is 5.02 Å². The van der Waals surface area contributed by atoms with Crippen molar-refractivity contribution in [3.63, 3.8) is 0 Å². The molecule has 0 bridgehead atoms. The molecule has 0 amide bonds. The van der Waals surface area contributed by atoms with Crippen LogP contribution in [0, 0.1) is 0 Å². The largest absolute Gasteiger partial charge is 0.492 e. The zero-order chi connectivity index (χ0) is 15.5. The monoisotopic (exact) mass is 318 g/mol. The number of carboxylic acid groups (broad SMARTS) is 1. The summed E-state index contributed by atoms with van der Waals surface area (Å²) in [5.41, 5.74) is 1.88. The third kappa shape index (κ3) is 3.21. The molecule has 1 aliphatic rings. The summed E-state index contributed by atoms with van der Waals surface area (Å²) in [4.78, 5) is 17.8. The number of carbonyl (C=O) groups is 1. The molecule has 6 heteroatoms. The van der Waals surface area contributed by atoms with Crippen LogP contribution in [0.3, 0.4) is 0 Å². The number of pyridine rings is 1. The van der Waals surface area contributed by atoms with Gasteiger partial charge in [0.1, 0.15) is 12.4 Å². The molecule has 0 fully saturated rings. The highest BCUT2D eigenvalue weighted by Crippen LogP contribution is 2.27. The lowest BCUT2D eigenvalue weighted by molar-refractivity contribution is 0.0694. The van der Waals surface area contributed by atoms with Crippen LogP contribution in [-0.2, 0) is 13.1 Å². The van der Waals surface area contributed by atoms with E-state index >= 15 is 0 Å². The van der Waals surface area contributed by atoms with E-state index in [9.17, 15) is 9.90 Å². The van der Waals surface area contributed by atoms with E-state index in [0.717, 1.165) is 5.69 Å². The molecule has 1 aliphatic heterocycles. The van der Waals surface area contributed by atoms with Crippen molar-refractivity contribution in [1.82, 2.24) is 9.88 Å². The predicted octanol–water partition coefficient (Wildman–Crippen LogP) is 2.83. The first-order chi connectivity index (χ1) is 10.6. The van der Waals surface area contributed by atoms with Gasteiger partial charge in [-0.3, -0.25) is 9.88 Å². The molecule has 0 aliphatic carbocycles. The van der Waals surface area contributed by atoms with Crippen molar-refractivity contribution in [1.29, 1.82) is 0 Å². The van der Waals surface area contributed by atoms with Crippen LogP contribution < -0.4 is 4.74 Å². The third-order valence-electron chi connectivity index (χ3n) is 3.58. The number of carboxylic acids is 1. The first-order valence-corrected chi connectivity index (χ1v) is 7.32. The number of aromatic carboxylic acids is 1. The molecule has 0 saturated carbocycles. The van der Waals surface area contributed by atoms with E-state index in [4.69, 9.17) is 16.3 Å². The summed E-state index contributed by atoms with van der Waals surface area (Å²) >= 11 is 5.84. The van der Waals surface area contributed by atoms with Crippen molar-refractivity contribution < 1.29 is 14.6 Å². The van der Waals surface area contributed by atoms with E-state index in [-0.39, 0.29) is 5.56 Å². The molecule has 1 aromatic carbocycles. The highest BCUT2D eigenvalue weighted by molar-refractivity contribution is 6.30. The molecule has 22 heavy (non-hydrogen) atoms. The van der Waals surface area contributed by atoms with Gasteiger partial charge in [0.2, 0.25) is 0 Å². The summed E-state index contributed by atoms with van der Waals surface area (Å²) in [5, 5.41) is 9.94. The summed E-state index contributed by atoms with van der Waals surface area (Å²) < 4.78 is 5.68. The Balaban J connectivity index is 1.84. The van der Waals surface area contributed by atoms with Gasteiger partial charge in [-0.25, -0.2) is 4.79 Å². The number of aromatic nitrogens is 1. The molecule has 1 aromatic heterocycles. The average molecular weight is 319 g/mol. The van der Waals surface area contributed by atoms with Crippen LogP contribution in [0.1, 0.15) is 21.6 Å². The van der Waals surface area contributed by atoms with Gasteiger partial charge in [0.05, 0.1) is 16.3 Å². The smallest absolute Gasteiger partial charge is 0.336 e. The summed E-state index contributed by atoms with van der Waals surface area (Å²) in [6.07, 6.45) is 1.61. The van der Waals surface area contributed by atoms with Crippen molar-refractivity contribution in [2.45, 2.75) is 13.1 Å². The standard InChI is InChI=1S/C16H15ClN2O3/c17-11-4-5-12(18-8-11)9-19-6-7-22-15-3-1-2-13(16(20)21)14(15)10-19/h1-5,8H,6-7,9-10H2,(H,20,21). The lowest BCUT2D eigenvalue weighted by Gasteiger charge is -2.19. The Morgan fingerprint density at radius 1 is 1.36 bits per heavy atom. The maximum absolute atomic E-state index is 11.4. The van der Waals surface area contributed by atoms with E-state index in [1.807, 2.05) is 12.1 Å². The molecule has 2 heterocycles. The van der Waals surface area contributed by atoms with Gasteiger partial charge in [0.15, 0.2) is 0 Å². The number of hydrogen-bond acceptors (Lipinski definition) is 4. The van der Waals surface area contributed by atoms with E-state index in [2.05, 4.69) is 9.88 Å². The van der Waals surface area contributed by atoms with E-state index in [1.165, 1.54) is 0 Å². The lowest BCUT2D eigenvalue weighted by atomic mass is 10.1. The minimum Gasteiger partial charge on any atom is -0.492 e. The quantitative estimate of drug-likeness (QED) is 0.943. The Morgan fingerprint density at radius 2 is 2.23 bits per heavy atom. The second kappa shape index (κ2) is 6.34. The number of hydrogen-bond donors (Lipinski definition) is 1. The molecule has 114 valence electrons. The SMILES string of the molecule is O=C(O)c1cccc2c1CN(Cc1ccc(Cl)cn1)CCO2. The minimum atomic E-state index is -0.938. The zero-order valence-corrected chi connectivity index (χ0v) is 12.6. The van der Waals surface area contributed by atoms with Gasteiger partial charge >= 0.3 is 5.97 Å². The molecule has 0 saturated heterocycles. The van der Waals surface area contributed by atoms with Crippen LogP contribution in [0.4, 0.5) is 0 Å². The molecule has 1 N–H and O–H groups in total. The predicted molar refractivity (Wildman–Crippen MR) is 82.3 cm³/mol. The maximum Gasteiger partial charge on any atom is 0.336 e. The van der Waals surface area contributed by atoms with Gasteiger partial charge in [0, 0.05) is 31.4 Å². The van der Waals surface area contributed by atoms with Gasteiger partial charge in [-0.15, -0.1) is 0 Å². The second-order valence-corrected chi connectivity index (χ2v) is 5.55. The molecule has 0 atom stereocenters. The number of halogens is 1. The number of ether oxygens (including phenoxy) is 1. The number of rotatable bonds is 3. The Hall–Kier alpha value is -2.11. The summed E-state index contributed by atoms with van der Waals surface area (Å²) in [7, 11) is 0. The van der Waals surface area contributed by atoms with Gasteiger partial charge in [-0.05, 0) is 24.3 Å². The van der Waals surface area contributed by atoms with Gasteiger partial charge in [-0.1, -0.05) is 17.7 Å². The zero-order valence-electron chi connectivity index (χ0n) is 11.8. The summed E-state index contributed by atoms with van der Waals surface area (Å²) in [6.45, 7) is 2.36. The highest BCUT2D eigenvalue weighted by atomic mass is 35.5. The van der Waals surface area contributed by atoms with Crippen LogP contribution in [0.25, 0.3) is 0 Å². The van der Waals surface area contributed by atoms with Crippen molar-refractivity contribution in [2.24, 2.45) is 0 Å². The van der Waals surface area contributed by atoms with Crippen molar-refractivity contribution in [2.75, 3.05) is 13.2 Å². The van der Waals surface area contributed by atoms with Crippen LogP contribution >= 0.6 is 11.6 Å². The van der Waals surface area contributed by atoms with Gasteiger partial charge < -0.3 is 9.84 Å². The number of fused-ring (bicyclic) bond motifs is 1. The van der Waals surface area contributed by atoms with Crippen molar-refractivity contribution in [3.8, 4) is 5.75 Å². The van der Waals surface area contributed by atoms with Crippen molar-refractivity contribution in [3.05, 3.63) is 58.4 Å². The first kappa shape index (κ1) is 14.8. The molecule has 0 spiro atoms. The third-order valence-corrected chi connectivity index (χ3v) is 3.81. The first-order valence-electron chi connectivity index (χ1n) is 6.94. The van der Waals surface area contributed by atoms with Gasteiger partial charge in [-0.2, -0.15) is 0 Å². The number of benzene rings is 1. The normalized spacial score (nSPS) is 14.8. The Morgan fingerprint density at radius 3 is 2.95 bits per heavy atom. The fourth-order valence-corrected chi connectivity index (χ4v) is 2.63. The van der Waals surface area contributed by atoms with Crippen LogP contribution in [-0.4, -0.2) is 34.1 Å². The molecule has 0 unspecified atom stereocenters. The molecule has 5 nitrogen and oxygen atoms in total. The second-order valence-electron chi connectivity index (χ2n) is 5.11.